The van der Waals surface area contributed by atoms with Gasteiger partial charge in [-0.15, -0.1) is 0 Å². The number of hydrogen-bond donors (Lipinski definition) is 1. The molecule has 2 atom stereocenters. The maximum atomic E-state index is 11.6. The van der Waals surface area contributed by atoms with Crippen molar-refractivity contribution in [3.63, 3.8) is 0 Å². The summed E-state index contributed by atoms with van der Waals surface area (Å²) in [5.41, 5.74) is 1.24. The van der Waals surface area contributed by atoms with Crippen LogP contribution in [0.2, 0.25) is 0 Å². The van der Waals surface area contributed by atoms with Gasteiger partial charge in [-0.1, -0.05) is 63.4 Å². The zero-order chi connectivity index (χ0) is 14.8. The molecule has 2 nitrogen and oxygen atoms in total. The molecule has 20 heavy (non-hydrogen) atoms. The topological polar surface area (TPSA) is 37.3 Å². The molecule has 0 aromatic heterocycles. The Morgan fingerprint density at radius 3 is 2.30 bits per heavy atom. The average Bonchev–Trinajstić information content (AvgIpc) is 2.45. The lowest BCUT2D eigenvalue weighted by molar-refractivity contribution is -0.144. The zero-order valence-electron chi connectivity index (χ0n) is 12.8. The van der Waals surface area contributed by atoms with Crippen LogP contribution in [0.1, 0.15) is 57.9 Å². The molecule has 2 unspecified atom stereocenters. The lowest BCUT2D eigenvalue weighted by Gasteiger charge is -2.23. The van der Waals surface area contributed by atoms with E-state index in [4.69, 9.17) is 0 Å². The fraction of sp³-hybridized carbons (Fsp3) is 0.611. The molecule has 1 aromatic rings. The Bertz CT molecular complexity index is 372. The molecule has 0 amide bonds. The molecular formula is C18H28O2. The summed E-state index contributed by atoms with van der Waals surface area (Å²) in [5, 5.41) is 9.55. The smallest absolute Gasteiger partial charge is 0.306 e. The van der Waals surface area contributed by atoms with Crippen molar-refractivity contribution in [2.24, 2.45) is 11.8 Å². The molecule has 0 saturated carbocycles. The van der Waals surface area contributed by atoms with Gasteiger partial charge in [0, 0.05) is 0 Å². The summed E-state index contributed by atoms with van der Waals surface area (Å²) in [6.45, 7) is 4.32. The third-order valence-corrected chi connectivity index (χ3v) is 4.06. The number of unbranched alkanes of at least 4 members (excludes halogenated alkanes) is 1. The van der Waals surface area contributed by atoms with Crippen LogP contribution in [0.4, 0.5) is 0 Å². The Morgan fingerprint density at radius 2 is 1.75 bits per heavy atom. The van der Waals surface area contributed by atoms with E-state index >= 15 is 0 Å². The molecule has 0 aliphatic heterocycles. The quantitative estimate of drug-likeness (QED) is 0.658. The first-order valence-corrected chi connectivity index (χ1v) is 7.95. The van der Waals surface area contributed by atoms with Gasteiger partial charge in [0.15, 0.2) is 0 Å². The highest BCUT2D eigenvalue weighted by Crippen LogP contribution is 2.28. The molecule has 0 bridgehead atoms. The first-order chi connectivity index (χ1) is 9.69. The van der Waals surface area contributed by atoms with Gasteiger partial charge in [-0.05, 0) is 37.2 Å². The van der Waals surface area contributed by atoms with Crippen molar-refractivity contribution in [1.29, 1.82) is 0 Å². The molecule has 0 aliphatic carbocycles. The second-order valence-electron chi connectivity index (χ2n) is 5.66. The predicted octanol–water partition coefficient (Wildman–Crippen LogP) is 4.93. The first-order valence-electron chi connectivity index (χ1n) is 7.95. The summed E-state index contributed by atoms with van der Waals surface area (Å²) in [4.78, 5) is 11.6. The molecule has 0 spiro atoms. The summed E-state index contributed by atoms with van der Waals surface area (Å²) in [7, 11) is 0. The maximum absolute atomic E-state index is 11.6. The lowest BCUT2D eigenvalue weighted by Crippen LogP contribution is -2.24. The van der Waals surface area contributed by atoms with E-state index in [-0.39, 0.29) is 5.92 Å². The maximum Gasteiger partial charge on any atom is 0.306 e. The summed E-state index contributed by atoms with van der Waals surface area (Å²) >= 11 is 0. The summed E-state index contributed by atoms with van der Waals surface area (Å²) in [6.07, 6.45) is 7.06. The minimum Gasteiger partial charge on any atom is -0.481 e. The van der Waals surface area contributed by atoms with Crippen LogP contribution >= 0.6 is 0 Å². The molecule has 0 aliphatic rings. The Balaban J connectivity index is 2.62. The average molecular weight is 276 g/mol. The van der Waals surface area contributed by atoms with Gasteiger partial charge in [0.25, 0.3) is 0 Å². The Kier molecular flexibility index (Phi) is 8.01. The second kappa shape index (κ2) is 9.57. The summed E-state index contributed by atoms with van der Waals surface area (Å²) in [6, 6.07) is 10.2. The third kappa shape index (κ3) is 5.77. The molecule has 0 heterocycles. The first kappa shape index (κ1) is 16.7. The van der Waals surface area contributed by atoms with E-state index in [0.29, 0.717) is 5.92 Å². The SMILES string of the molecule is CCCCC(CCC)C(CCc1ccccc1)C(=O)O. The van der Waals surface area contributed by atoms with E-state index in [1.165, 1.54) is 5.56 Å². The van der Waals surface area contributed by atoms with Gasteiger partial charge in [-0.2, -0.15) is 0 Å². The highest BCUT2D eigenvalue weighted by atomic mass is 16.4. The van der Waals surface area contributed by atoms with Gasteiger partial charge in [-0.25, -0.2) is 0 Å². The Labute approximate surface area is 123 Å². The van der Waals surface area contributed by atoms with Crippen molar-refractivity contribution < 1.29 is 9.90 Å². The molecule has 1 aromatic carbocycles. The van der Waals surface area contributed by atoms with Crippen LogP contribution in [0.15, 0.2) is 30.3 Å². The van der Waals surface area contributed by atoms with Gasteiger partial charge in [0.1, 0.15) is 0 Å². The fourth-order valence-corrected chi connectivity index (χ4v) is 2.91. The van der Waals surface area contributed by atoms with E-state index in [2.05, 4.69) is 26.0 Å². The number of carboxylic acids is 1. The zero-order valence-corrected chi connectivity index (χ0v) is 12.8. The van der Waals surface area contributed by atoms with Gasteiger partial charge in [-0.3, -0.25) is 4.79 Å². The minimum atomic E-state index is -0.615. The number of rotatable bonds is 10. The van der Waals surface area contributed by atoms with Gasteiger partial charge in [0.2, 0.25) is 0 Å². The molecule has 0 radical (unpaired) electrons. The molecule has 0 saturated heterocycles. The van der Waals surface area contributed by atoms with Gasteiger partial charge in [0.05, 0.1) is 5.92 Å². The molecule has 1 N–H and O–H groups in total. The van der Waals surface area contributed by atoms with Crippen LogP contribution in [0.25, 0.3) is 0 Å². The van der Waals surface area contributed by atoms with Crippen LogP contribution in [-0.4, -0.2) is 11.1 Å². The number of hydrogen-bond acceptors (Lipinski definition) is 1. The Hall–Kier alpha value is -1.31. The van der Waals surface area contributed by atoms with Gasteiger partial charge < -0.3 is 5.11 Å². The van der Waals surface area contributed by atoms with Crippen LogP contribution in [0.5, 0.6) is 0 Å². The highest BCUT2D eigenvalue weighted by molar-refractivity contribution is 5.70. The van der Waals surface area contributed by atoms with Crippen molar-refractivity contribution in [2.45, 2.75) is 58.8 Å². The predicted molar refractivity (Wildman–Crippen MR) is 83.8 cm³/mol. The number of carbonyl (C=O) groups is 1. The number of aliphatic carboxylic acids is 1. The number of aryl methyl sites for hydroxylation is 1. The standard InChI is InChI=1S/C18H28O2/c1-3-5-12-16(9-4-2)17(18(19)20)14-13-15-10-7-6-8-11-15/h6-8,10-11,16-17H,3-5,9,12-14H2,1-2H3,(H,19,20). The van der Waals surface area contributed by atoms with Crippen LogP contribution in [-0.2, 0) is 11.2 Å². The second-order valence-corrected chi connectivity index (χ2v) is 5.66. The van der Waals surface area contributed by atoms with Crippen molar-refractivity contribution in [2.75, 3.05) is 0 Å². The number of benzene rings is 1. The van der Waals surface area contributed by atoms with E-state index in [1.54, 1.807) is 0 Å². The lowest BCUT2D eigenvalue weighted by atomic mass is 9.81. The molecule has 1 rings (SSSR count). The highest BCUT2D eigenvalue weighted by Gasteiger charge is 2.26. The fourth-order valence-electron chi connectivity index (χ4n) is 2.91. The monoisotopic (exact) mass is 276 g/mol. The summed E-state index contributed by atoms with van der Waals surface area (Å²) in [5.74, 6) is -0.474. The minimum absolute atomic E-state index is 0.193. The Morgan fingerprint density at radius 1 is 1.05 bits per heavy atom. The van der Waals surface area contributed by atoms with Gasteiger partial charge >= 0.3 is 5.97 Å². The van der Waals surface area contributed by atoms with Crippen molar-refractivity contribution in [3.8, 4) is 0 Å². The third-order valence-electron chi connectivity index (χ3n) is 4.06. The van der Waals surface area contributed by atoms with Crippen molar-refractivity contribution in [3.05, 3.63) is 35.9 Å². The van der Waals surface area contributed by atoms with Crippen LogP contribution in [0, 0.1) is 11.8 Å². The largest absolute Gasteiger partial charge is 0.481 e. The van der Waals surface area contributed by atoms with Crippen molar-refractivity contribution >= 4 is 5.97 Å². The molecule has 0 fully saturated rings. The van der Waals surface area contributed by atoms with Crippen molar-refractivity contribution in [1.82, 2.24) is 0 Å². The molecule has 112 valence electrons. The van der Waals surface area contributed by atoms with E-state index in [0.717, 1.165) is 44.9 Å². The van der Waals surface area contributed by atoms with Crippen LogP contribution < -0.4 is 0 Å². The van der Waals surface area contributed by atoms with E-state index in [9.17, 15) is 9.90 Å². The molecule has 2 heteroatoms. The van der Waals surface area contributed by atoms with E-state index in [1.807, 2.05) is 18.2 Å². The van der Waals surface area contributed by atoms with Crippen LogP contribution in [0.3, 0.4) is 0 Å². The van der Waals surface area contributed by atoms with E-state index < -0.39 is 5.97 Å². The molecular weight excluding hydrogens is 248 g/mol. The number of carboxylic acid groups (broad SMARTS) is 1. The normalized spacial score (nSPS) is 13.9. The summed E-state index contributed by atoms with van der Waals surface area (Å²) < 4.78 is 0.